The molecule has 0 radical (unpaired) electrons. The van der Waals surface area contributed by atoms with Crippen LogP contribution in [0.5, 0.6) is 0 Å². The summed E-state index contributed by atoms with van der Waals surface area (Å²) in [6, 6.07) is 16.4. The van der Waals surface area contributed by atoms with Crippen LogP contribution in [0.1, 0.15) is 17.4 Å². The third-order valence-electron chi connectivity index (χ3n) is 3.40. The van der Waals surface area contributed by atoms with E-state index in [-0.39, 0.29) is 17.5 Å². The van der Waals surface area contributed by atoms with Crippen molar-refractivity contribution in [3.8, 4) is 11.3 Å². The second-order valence-electron chi connectivity index (χ2n) is 5.37. The standard InChI is InChI=1S/C19H16N4O2/c1-13(24)21-15-7-9-16(10-8-15)22-19(25)18-12-20-11-17(23-18)14-5-3-2-4-6-14/h2-12H,1H3,(H,21,24)(H,22,25). The average Bonchev–Trinajstić information content (AvgIpc) is 2.64. The summed E-state index contributed by atoms with van der Waals surface area (Å²) in [5.41, 5.74) is 3.02. The molecule has 3 aromatic rings. The Morgan fingerprint density at radius 3 is 2.12 bits per heavy atom. The van der Waals surface area contributed by atoms with Gasteiger partial charge in [-0.2, -0.15) is 0 Å². The fourth-order valence-corrected chi connectivity index (χ4v) is 2.26. The van der Waals surface area contributed by atoms with Gasteiger partial charge in [0.15, 0.2) is 0 Å². The van der Waals surface area contributed by atoms with Crippen molar-refractivity contribution in [3.05, 3.63) is 72.7 Å². The number of hydrogen-bond donors (Lipinski definition) is 2. The van der Waals surface area contributed by atoms with Crippen LogP contribution in [0.25, 0.3) is 11.3 Å². The number of carbonyl (C=O) groups excluding carboxylic acids is 2. The zero-order valence-corrected chi connectivity index (χ0v) is 13.6. The number of hydrogen-bond acceptors (Lipinski definition) is 4. The van der Waals surface area contributed by atoms with Gasteiger partial charge in [-0.1, -0.05) is 30.3 Å². The number of aromatic nitrogens is 2. The highest BCUT2D eigenvalue weighted by Crippen LogP contribution is 2.17. The van der Waals surface area contributed by atoms with Crippen molar-refractivity contribution in [1.82, 2.24) is 9.97 Å². The summed E-state index contributed by atoms with van der Waals surface area (Å²) in [6.45, 7) is 1.44. The summed E-state index contributed by atoms with van der Waals surface area (Å²) >= 11 is 0. The van der Waals surface area contributed by atoms with E-state index in [0.717, 1.165) is 5.56 Å². The van der Waals surface area contributed by atoms with Gasteiger partial charge in [-0.3, -0.25) is 14.6 Å². The molecule has 0 aliphatic carbocycles. The molecule has 0 atom stereocenters. The zero-order valence-electron chi connectivity index (χ0n) is 13.6. The summed E-state index contributed by atoms with van der Waals surface area (Å²) in [5, 5.41) is 5.43. The quantitative estimate of drug-likeness (QED) is 0.767. The third-order valence-corrected chi connectivity index (χ3v) is 3.40. The largest absolute Gasteiger partial charge is 0.326 e. The minimum absolute atomic E-state index is 0.148. The van der Waals surface area contributed by atoms with Crippen LogP contribution in [-0.4, -0.2) is 21.8 Å². The Hall–Kier alpha value is -3.54. The predicted octanol–water partition coefficient (Wildman–Crippen LogP) is 3.35. The molecule has 2 N–H and O–H groups in total. The summed E-state index contributed by atoms with van der Waals surface area (Å²) in [5.74, 6) is -0.498. The molecule has 2 amide bonds. The van der Waals surface area contributed by atoms with Gasteiger partial charge in [0.2, 0.25) is 5.91 Å². The second kappa shape index (κ2) is 7.35. The second-order valence-corrected chi connectivity index (χ2v) is 5.37. The molecule has 6 heteroatoms. The Kier molecular flexibility index (Phi) is 4.80. The zero-order chi connectivity index (χ0) is 17.6. The maximum absolute atomic E-state index is 12.4. The molecule has 0 saturated carbocycles. The lowest BCUT2D eigenvalue weighted by Gasteiger charge is -2.07. The summed E-state index contributed by atoms with van der Waals surface area (Å²) in [4.78, 5) is 31.9. The number of rotatable bonds is 4. The van der Waals surface area contributed by atoms with Gasteiger partial charge in [0.25, 0.3) is 5.91 Å². The lowest BCUT2D eigenvalue weighted by Crippen LogP contribution is -2.14. The molecule has 0 bridgehead atoms. The van der Waals surface area contributed by atoms with Crippen LogP contribution in [0, 0.1) is 0 Å². The first-order valence-corrected chi connectivity index (χ1v) is 7.68. The Bertz CT molecular complexity index is 893. The van der Waals surface area contributed by atoms with Crippen LogP contribution in [0.4, 0.5) is 11.4 Å². The van der Waals surface area contributed by atoms with Crippen LogP contribution in [0.3, 0.4) is 0 Å². The fraction of sp³-hybridized carbons (Fsp3) is 0.0526. The Balaban J connectivity index is 1.74. The molecule has 0 aliphatic rings. The number of carbonyl (C=O) groups is 2. The van der Waals surface area contributed by atoms with E-state index in [1.807, 2.05) is 30.3 Å². The van der Waals surface area contributed by atoms with Gasteiger partial charge in [0, 0.05) is 23.9 Å². The highest BCUT2D eigenvalue weighted by atomic mass is 16.2. The molecule has 25 heavy (non-hydrogen) atoms. The van der Waals surface area contributed by atoms with Crippen LogP contribution in [0.15, 0.2) is 67.0 Å². The van der Waals surface area contributed by atoms with Gasteiger partial charge in [-0.05, 0) is 24.3 Å². The van der Waals surface area contributed by atoms with E-state index in [1.165, 1.54) is 13.1 Å². The van der Waals surface area contributed by atoms with Crippen molar-refractivity contribution in [2.45, 2.75) is 6.92 Å². The van der Waals surface area contributed by atoms with Gasteiger partial charge in [-0.25, -0.2) is 4.98 Å². The van der Waals surface area contributed by atoms with Crippen molar-refractivity contribution in [1.29, 1.82) is 0 Å². The van der Waals surface area contributed by atoms with Gasteiger partial charge in [0.05, 0.1) is 18.1 Å². The van der Waals surface area contributed by atoms with Crippen molar-refractivity contribution >= 4 is 23.2 Å². The molecule has 1 aromatic heterocycles. The maximum atomic E-state index is 12.4. The number of nitrogens with one attached hydrogen (secondary N) is 2. The molecule has 3 rings (SSSR count). The summed E-state index contributed by atoms with van der Waals surface area (Å²) < 4.78 is 0. The monoisotopic (exact) mass is 332 g/mol. The van der Waals surface area contributed by atoms with E-state index in [1.54, 1.807) is 30.5 Å². The molecule has 124 valence electrons. The predicted molar refractivity (Wildman–Crippen MR) is 96.2 cm³/mol. The minimum atomic E-state index is -0.349. The highest BCUT2D eigenvalue weighted by Gasteiger charge is 2.10. The Labute approximate surface area is 145 Å². The molecule has 2 aromatic carbocycles. The summed E-state index contributed by atoms with van der Waals surface area (Å²) in [7, 11) is 0. The number of benzene rings is 2. The van der Waals surface area contributed by atoms with Crippen LogP contribution < -0.4 is 10.6 Å². The first-order chi connectivity index (χ1) is 12.1. The van der Waals surface area contributed by atoms with E-state index in [0.29, 0.717) is 17.1 Å². The minimum Gasteiger partial charge on any atom is -0.326 e. The van der Waals surface area contributed by atoms with Crippen LogP contribution >= 0.6 is 0 Å². The van der Waals surface area contributed by atoms with Crippen molar-refractivity contribution in [2.24, 2.45) is 0 Å². The number of amides is 2. The molecule has 0 fully saturated rings. The van der Waals surface area contributed by atoms with Crippen LogP contribution in [-0.2, 0) is 4.79 Å². The first kappa shape index (κ1) is 16.3. The van der Waals surface area contributed by atoms with Gasteiger partial charge >= 0.3 is 0 Å². The molecular weight excluding hydrogens is 316 g/mol. The SMILES string of the molecule is CC(=O)Nc1ccc(NC(=O)c2cncc(-c3ccccc3)n2)cc1. The molecule has 6 nitrogen and oxygen atoms in total. The molecule has 0 unspecified atom stereocenters. The van der Waals surface area contributed by atoms with Crippen molar-refractivity contribution in [3.63, 3.8) is 0 Å². The van der Waals surface area contributed by atoms with Crippen molar-refractivity contribution < 1.29 is 9.59 Å². The lowest BCUT2D eigenvalue weighted by atomic mass is 10.1. The third kappa shape index (κ3) is 4.26. The number of nitrogens with zero attached hydrogens (tertiary/aromatic N) is 2. The smallest absolute Gasteiger partial charge is 0.275 e. The molecule has 0 spiro atoms. The topological polar surface area (TPSA) is 84.0 Å². The molecule has 0 saturated heterocycles. The first-order valence-electron chi connectivity index (χ1n) is 7.68. The summed E-state index contributed by atoms with van der Waals surface area (Å²) in [6.07, 6.45) is 3.04. The van der Waals surface area contributed by atoms with Crippen molar-refractivity contribution in [2.75, 3.05) is 10.6 Å². The molecule has 1 heterocycles. The number of anilines is 2. The maximum Gasteiger partial charge on any atom is 0.275 e. The Morgan fingerprint density at radius 1 is 0.840 bits per heavy atom. The van der Waals surface area contributed by atoms with E-state index in [9.17, 15) is 9.59 Å². The normalized spacial score (nSPS) is 10.1. The fourth-order valence-electron chi connectivity index (χ4n) is 2.26. The average molecular weight is 332 g/mol. The molecule has 0 aliphatic heterocycles. The van der Waals surface area contributed by atoms with E-state index >= 15 is 0 Å². The van der Waals surface area contributed by atoms with E-state index < -0.39 is 0 Å². The lowest BCUT2D eigenvalue weighted by molar-refractivity contribution is -0.114. The van der Waals surface area contributed by atoms with Gasteiger partial charge in [0.1, 0.15) is 5.69 Å². The molecular formula is C19H16N4O2. The Morgan fingerprint density at radius 2 is 1.48 bits per heavy atom. The highest BCUT2D eigenvalue weighted by molar-refractivity contribution is 6.03. The van der Waals surface area contributed by atoms with E-state index in [4.69, 9.17) is 0 Å². The van der Waals surface area contributed by atoms with Gasteiger partial charge < -0.3 is 10.6 Å². The van der Waals surface area contributed by atoms with Gasteiger partial charge in [-0.15, -0.1) is 0 Å². The van der Waals surface area contributed by atoms with E-state index in [2.05, 4.69) is 20.6 Å². The van der Waals surface area contributed by atoms with Crippen LogP contribution in [0.2, 0.25) is 0 Å².